The average Bonchev–Trinajstić information content (AvgIpc) is 2.63. The highest BCUT2D eigenvalue weighted by molar-refractivity contribution is 5.95. The molecule has 2 aliphatic heterocycles. The number of nitrogens with two attached hydrogens (primary N) is 1. The molecule has 5 heteroatoms. The zero-order valence-electron chi connectivity index (χ0n) is 14.4. The van der Waals surface area contributed by atoms with Crippen LogP contribution < -0.4 is 16.0 Å². The summed E-state index contributed by atoms with van der Waals surface area (Å²) in [5, 5.41) is 3.00. The molecule has 0 bridgehead atoms. The quantitative estimate of drug-likeness (QED) is 0.846. The van der Waals surface area contributed by atoms with Gasteiger partial charge in [0.15, 0.2) is 0 Å². The predicted molar refractivity (Wildman–Crippen MR) is 102 cm³/mol. The van der Waals surface area contributed by atoms with Gasteiger partial charge in [-0.1, -0.05) is 18.2 Å². The molecule has 1 fully saturated rings. The molecule has 2 aromatic rings. The van der Waals surface area contributed by atoms with Crippen molar-refractivity contribution < 1.29 is 4.79 Å². The molecule has 3 N–H and O–H groups in total. The van der Waals surface area contributed by atoms with Gasteiger partial charge in [0, 0.05) is 56.2 Å². The van der Waals surface area contributed by atoms with Crippen molar-refractivity contribution in [1.82, 2.24) is 4.90 Å². The van der Waals surface area contributed by atoms with Gasteiger partial charge in [0.25, 0.3) is 0 Å². The lowest BCUT2D eigenvalue weighted by atomic mass is 10.00. The first-order valence-corrected chi connectivity index (χ1v) is 8.92. The lowest BCUT2D eigenvalue weighted by molar-refractivity contribution is -0.116. The van der Waals surface area contributed by atoms with Gasteiger partial charge in [0.1, 0.15) is 0 Å². The Kier molecular flexibility index (Phi) is 4.32. The predicted octanol–water partition coefficient (Wildman–Crippen LogP) is 2.48. The monoisotopic (exact) mass is 336 g/mol. The van der Waals surface area contributed by atoms with Crippen LogP contribution in [0.15, 0.2) is 42.5 Å². The van der Waals surface area contributed by atoms with Crippen molar-refractivity contribution in [3.05, 3.63) is 53.6 Å². The second-order valence-electron chi connectivity index (χ2n) is 6.86. The average molecular weight is 336 g/mol. The number of benzene rings is 2. The number of anilines is 3. The third-order valence-corrected chi connectivity index (χ3v) is 5.13. The van der Waals surface area contributed by atoms with Gasteiger partial charge < -0.3 is 16.0 Å². The summed E-state index contributed by atoms with van der Waals surface area (Å²) in [5.74, 6) is 0.123. The van der Waals surface area contributed by atoms with Crippen LogP contribution in [0.5, 0.6) is 0 Å². The Labute approximate surface area is 148 Å². The summed E-state index contributed by atoms with van der Waals surface area (Å²) >= 11 is 0. The smallest absolute Gasteiger partial charge is 0.224 e. The number of fused-ring (bicyclic) bond motifs is 1. The fourth-order valence-electron chi connectivity index (χ4n) is 3.73. The molecule has 0 unspecified atom stereocenters. The van der Waals surface area contributed by atoms with E-state index in [1.165, 1.54) is 16.8 Å². The largest absolute Gasteiger partial charge is 0.399 e. The first kappa shape index (κ1) is 16.0. The highest BCUT2D eigenvalue weighted by Crippen LogP contribution is 2.32. The summed E-state index contributed by atoms with van der Waals surface area (Å²) in [4.78, 5) is 16.6. The molecule has 0 radical (unpaired) electrons. The lowest BCUT2D eigenvalue weighted by Gasteiger charge is -2.38. The summed E-state index contributed by atoms with van der Waals surface area (Å²) in [6.07, 6.45) is 1.42. The van der Waals surface area contributed by atoms with Crippen LogP contribution in [0.4, 0.5) is 17.1 Å². The van der Waals surface area contributed by atoms with Gasteiger partial charge in [-0.3, -0.25) is 9.69 Å². The molecule has 0 spiro atoms. The van der Waals surface area contributed by atoms with Gasteiger partial charge in [-0.15, -0.1) is 0 Å². The van der Waals surface area contributed by atoms with Gasteiger partial charge in [0.2, 0.25) is 5.91 Å². The van der Waals surface area contributed by atoms with Crippen LogP contribution in [0.25, 0.3) is 0 Å². The Morgan fingerprint density at radius 2 is 1.72 bits per heavy atom. The Morgan fingerprint density at radius 3 is 2.48 bits per heavy atom. The summed E-state index contributed by atoms with van der Waals surface area (Å²) in [6.45, 7) is 5.08. The van der Waals surface area contributed by atoms with Gasteiger partial charge >= 0.3 is 0 Å². The molecule has 2 aromatic carbocycles. The number of rotatable bonds is 3. The first-order chi connectivity index (χ1) is 12.2. The molecule has 2 heterocycles. The topological polar surface area (TPSA) is 61.6 Å². The van der Waals surface area contributed by atoms with Crippen LogP contribution in [0.1, 0.15) is 17.5 Å². The maximum absolute atomic E-state index is 11.6. The van der Waals surface area contributed by atoms with Gasteiger partial charge in [-0.25, -0.2) is 0 Å². The highest BCUT2D eigenvalue weighted by atomic mass is 16.1. The summed E-state index contributed by atoms with van der Waals surface area (Å²) < 4.78 is 0. The molecule has 0 aliphatic carbocycles. The minimum atomic E-state index is 0.123. The molecule has 25 heavy (non-hydrogen) atoms. The molecule has 130 valence electrons. The van der Waals surface area contributed by atoms with E-state index in [0.717, 1.165) is 50.5 Å². The molecule has 1 saturated heterocycles. The van der Waals surface area contributed by atoms with Crippen molar-refractivity contribution in [2.75, 3.05) is 42.1 Å². The van der Waals surface area contributed by atoms with Gasteiger partial charge in [-0.05, 0) is 41.8 Å². The van der Waals surface area contributed by atoms with Crippen LogP contribution in [0.2, 0.25) is 0 Å². The first-order valence-electron chi connectivity index (χ1n) is 8.92. The van der Waals surface area contributed by atoms with Crippen molar-refractivity contribution in [1.29, 1.82) is 0 Å². The van der Waals surface area contributed by atoms with Crippen molar-refractivity contribution in [2.45, 2.75) is 19.4 Å². The normalized spacial score (nSPS) is 17.9. The number of carbonyl (C=O) groups is 1. The van der Waals surface area contributed by atoms with Crippen molar-refractivity contribution in [3.63, 3.8) is 0 Å². The maximum Gasteiger partial charge on any atom is 0.224 e. The van der Waals surface area contributed by atoms with E-state index in [2.05, 4.69) is 33.3 Å². The third-order valence-electron chi connectivity index (χ3n) is 5.13. The van der Waals surface area contributed by atoms with E-state index < -0.39 is 0 Å². The van der Waals surface area contributed by atoms with E-state index >= 15 is 0 Å². The van der Waals surface area contributed by atoms with Crippen molar-refractivity contribution in [3.8, 4) is 0 Å². The maximum atomic E-state index is 11.6. The molecule has 0 atom stereocenters. The summed E-state index contributed by atoms with van der Waals surface area (Å²) in [5.41, 5.74) is 11.4. The summed E-state index contributed by atoms with van der Waals surface area (Å²) in [6, 6.07) is 14.4. The van der Waals surface area contributed by atoms with E-state index in [1.807, 2.05) is 24.3 Å². The number of hydrogen-bond acceptors (Lipinski definition) is 4. The fraction of sp³-hybridized carbons (Fsp3) is 0.350. The molecular weight excluding hydrogens is 312 g/mol. The number of nitrogens with one attached hydrogen (secondary N) is 1. The Balaban J connectivity index is 1.41. The number of nitrogen functional groups attached to an aromatic ring is 1. The highest BCUT2D eigenvalue weighted by Gasteiger charge is 2.23. The molecule has 4 rings (SSSR count). The molecular formula is C20H24N4O. The number of carbonyl (C=O) groups excluding carboxylic acids is 1. The van der Waals surface area contributed by atoms with Gasteiger partial charge in [0.05, 0.1) is 0 Å². The molecule has 0 saturated carbocycles. The number of piperazine rings is 1. The number of nitrogens with zero attached hydrogens (tertiary/aromatic N) is 2. The zero-order valence-corrected chi connectivity index (χ0v) is 14.4. The van der Waals surface area contributed by atoms with E-state index in [-0.39, 0.29) is 5.91 Å². The SMILES string of the molecule is Nc1ccc(CN2CCN(c3cccc4c3CCC(=O)N4)CC2)cc1. The third kappa shape index (κ3) is 3.46. The zero-order chi connectivity index (χ0) is 17.2. The summed E-state index contributed by atoms with van der Waals surface area (Å²) in [7, 11) is 0. The minimum absolute atomic E-state index is 0.123. The van der Waals surface area contributed by atoms with Crippen LogP contribution >= 0.6 is 0 Å². The van der Waals surface area contributed by atoms with Crippen LogP contribution in [-0.4, -0.2) is 37.0 Å². The van der Waals surface area contributed by atoms with E-state index in [9.17, 15) is 4.79 Å². The van der Waals surface area contributed by atoms with E-state index in [1.54, 1.807) is 0 Å². The lowest BCUT2D eigenvalue weighted by Crippen LogP contribution is -2.46. The van der Waals surface area contributed by atoms with Crippen molar-refractivity contribution in [2.24, 2.45) is 0 Å². The molecule has 0 aromatic heterocycles. The van der Waals surface area contributed by atoms with E-state index in [4.69, 9.17) is 5.73 Å². The van der Waals surface area contributed by atoms with Crippen LogP contribution in [0.3, 0.4) is 0 Å². The Hall–Kier alpha value is -2.53. The Bertz CT molecular complexity index is 764. The van der Waals surface area contributed by atoms with E-state index in [0.29, 0.717) is 6.42 Å². The Morgan fingerprint density at radius 1 is 0.960 bits per heavy atom. The molecule has 2 aliphatic rings. The molecule has 1 amide bonds. The standard InChI is InChI=1S/C20H24N4O/c21-16-6-4-15(5-7-16)14-23-10-12-24(13-11-23)19-3-1-2-18-17(19)8-9-20(25)22-18/h1-7H,8-14,21H2,(H,22,25). The van der Waals surface area contributed by atoms with Crippen LogP contribution in [0, 0.1) is 0 Å². The van der Waals surface area contributed by atoms with Gasteiger partial charge in [-0.2, -0.15) is 0 Å². The molecule has 5 nitrogen and oxygen atoms in total. The minimum Gasteiger partial charge on any atom is -0.399 e. The number of amides is 1. The van der Waals surface area contributed by atoms with Crippen molar-refractivity contribution >= 4 is 23.0 Å². The second kappa shape index (κ2) is 6.76. The van der Waals surface area contributed by atoms with Crippen LogP contribution in [-0.2, 0) is 17.8 Å². The number of hydrogen-bond donors (Lipinski definition) is 2. The fourth-order valence-corrected chi connectivity index (χ4v) is 3.73. The second-order valence-corrected chi connectivity index (χ2v) is 6.86.